The summed E-state index contributed by atoms with van der Waals surface area (Å²) in [6.45, 7) is 8.88. The number of ether oxygens (including phenoxy) is 1. The number of rotatable bonds is 5. The predicted molar refractivity (Wildman–Crippen MR) is 121 cm³/mol. The molecule has 2 saturated heterocycles. The number of para-hydroxylation sites is 1. The molecule has 3 heterocycles. The van der Waals surface area contributed by atoms with E-state index in [2.05, 4.69) is 10.4 Å². The minimum Gasteiger partial charge on any atom is -0.391 e. The molecule has 0 saturated carbocycles. The number of hydrogen-bond donors (Lipinski definition) is 2. The molecule has 2 amide bonds. The molecule has 2 atom stereocenters. The number of aromatic nitrogens is 2. The smallest absolute Gasteiger partial charge is 0.273 e. The molecule has 1 aromatic carbocycles. The van der Waals surface area contributed by atoms with E-state index in [1.54, 1.807) is 4.90 Å². The summed E-state index contributed by atoms with van der Waals surface area (Å²) in [5, 5.41) is 18.3. The molecule has 0 unspecified atom stereocenters. The zero-order valence-electron chi connectivity index (χ0n) is 19.2. The highest BCUT2D eigenvalue weighted by molar-refractivity contribution is 6.06. The number of aliphatic hydroxyl groups excluding tert-OH is 1. The number of carbonyl (C=O) groups is 2. The molecule has 8 nitrogen and oxygen atoms in total. The summed E-state index contributed by atoms with van der Waals surface area (Å²) in [6.07, 6.45) is 2.04. The molecule has 0 bridgehead atoms. The number of nitrogens with one attached hydrogen (secondary N) is 1. The zero-order chi connectivity index (χ0) is 22.9. The molecule has 0 aliphatic carbocycles. The van der Waals surface area contributed by atoms with Gasteiger partial charge in [0.1, 0.15) is 6.04 Å². The molecule has 0 radical (unpaired) electrons. The largest absolute Gasteiger partial charge is 0.391 e. The molecule has 0 spiro atoms. The first-order valence-electron chi connectivity index (χ1n) is 11.5. The number of nitrogens with zero attached hydrogens (tertiary/aromatic N) is 3. The first-order chi connectivity index (χ1) is 15.2. The normalized spacial score (nSPS) is 21.1. The second-order valence-electron chi connectivity index (χ2n) is 10.1. The Balaban J connectivity index is 1.58. The number of carbonyl (C=O) groups excluding carboxylic acids is 2. The monoisotopic (exact) mass is 442 g/mol. The number of β-amino-alcohol motifs (C(OH)–C–C–N with tert-alkyl or cyclic N) is 1. The second-order valence-corrected chi connectivity index (χ2v) is 10.1. The van der Waals surface area contributed by atoms with Crippen LogP contribution in [0.3, 0.4) is 0 Å². The number of benzene rings is 1. The lowest BCUT2D eigenvalue weighted by molar-refractivity contribution is -0.135. The van der Waals surface area contributed by atoms with Crippen molar-refractivity contribution in [1.82, 2.24) is 20.0 Å². The van der Waals surface area contributed by atoms with E-state index in [1.807, 2.05) is 49.7 Å². The van der Waals surface area contributed by atoms with Crippen LogP contribution >= 0.6 is 0 Å². The van der Waals surface area contributed by atoms with Crippen molar-refractivity contribution in [2.75, 3.05) is 26.3 Å². The molecular formula is C24H34N4O4. The van der Waals surface area contributed by atoms with Crippen molar-refractivity contribution >= 4 is 22.7 Å². The van der Waals surface area contributed by atoms with Gasteiger partial charge in [-0.1, -0.05) is 39.0 Å². The molecular weight excluding hydrogens is 408 g/mol. The van der Waals surface area contributed by atoms with E-state index in [-0.39, 0.29) is 11.8 Å². The molecule has 2 aromatic rings. The van der Waals surface area contributed by atoms with Crippen LogP contribution in [0.5, 0.6) is 0 Å². The zero-order valence-corrected chi connectivity index (χ0v) is 19.2. The lowest BCUT2D eigenvalue weighted by Crippen LogP contribution is -2.54. The maximum absolute atomic E-state index is 13.4. The van der Waals surface area contributed by atoms with E-state index in [0.29, 0.717) is 31.1 Å². The Morgan fingerprint density at radius 2 is 1.94 bits per heavy atom. The average Bonchev–Trinajstić information content (AvgIpc) is 3.35. The Morgan fingerprint density at radius 1 is 1.22 bits per heavy atom. The Morgan fingerprint density at radius 3 is 2.59 bits per heavy atom. The van der Waals surface area contributed by atoms with E-state index in [4.69, 9.17) is 4.74 Å². The molecule has 4 rings (SSSR count). The lowest BCUT2D eigenvalue weighted by Gasteiger charge is -2.33. The molecule has 1 aromatic heterocycles. The fourth-order valence-electron chi connectivity index (χ4n) is 4.58. The van der Waals surface area contributed by atoms with Crippen LogP contribution in [0.4, 0.5) is 0 Å². The van der Waals surface area contributed by atoms with Crippen LogP contribution in [0.2, 0.25) is 0 Å². The molecule has 2 aliphatic rings. The summed E-state index contributed by atoms with van der Waals surface area (Å²) in [7, 11) is 0. The van der Waals surface area contributed by atoms with Gasteiger partial charge in [-0.25, -0.2) is 0 Å². The van der Waals surface area contributed by atoms with Gasteiger partial charge >= 0.3 is 0 Å². The van der Waals surface area contributed by atoms with Crippen molar-refractivity contribution in [1.29, 1.82) is 0 Å². The van der Waals surface area contributed by atoms with Crippen LogP contribution in [-0.2, 0) is 16.1 Å². The van der Waals surface area contributed by atoms with Crippen molar-refractivity contribution in [2.45, 2.75) is 58.7 Å². The average molecular weight is 443 g/mol. The van der Waals surface area contributed by atoms with Gasteiger partial charge in [-0.2, -0.15) is 5.10 Å². The van der Waals surface area contributed by atoms with Gasteiger partial charge in [0.15, 0.2) is 5.69 Å². The quantitative estimate of drug-likeness (QED) is 0.740. The third-order valence-corrected chi connectivity index (χ3v) is 6.51. The molecule has 2 aliphatic heterocycles. The maximum Gasteiger partial charge on any atom is 0.273 e. The number of aliphatic hydroxyl groups is 1. The van der Waals surface area contributed by atoms with Crippen LogP contribution < -0.4 is 5.32 Å². The summed E-state index contributed by atoms with van der Waals surface area (Å²) in [5.41, 5.74) is 0.780. The first kappa shape index (κ1) is 22.7. The van der Waals surface area contributed by atoms with Gasteiger partial charge in [0, 0.05) is 38.2 Å². The minimum atomic E-state index is -0.709. The van der Waals surface area contributed by atoms with Gasteiger partial charge in [-0.3, -0.25) is 14.3 Å². The van der Waals surface area contributed by atoms with Crippen LogP contribution in [0, 0.1) is 11.3 Å². The third kappa shape index (κ3) is 4.81. The summed E-state index contributed by atoms with van der Waals surface area (Å²) in [6, 6.07) is 7.03. The molecule has 2 N–H and O–H groups in total. The third-order valence-electron chi connectivity index (χ3n) is 6.51. The van der Waals surface area contributed by atoms with Gasteiger partial charge < -0.3 is 20.1 Å². The predicted octanol–water partition coefficient (Wildman–Crippen LogP) is 2.20. The molecule has 32 heavy (non-hydrogen) atoms. The van der Waals surface area contributed by atoms with Crippen LogP contribution in [0.1, 0.15) is 50.5 Å². The van der Waals surface area contributed by atoms with E-state index in [0.717, 1.165) is 43.5 Å². The van der Waals surface area contributed by atoms with Crippen molar-refractivity contribution < 1.29 is 19.4 Å². The Kier molecular flexibility index (Phi) is 6.53. The molecule has 8 heteroatoms. The summed E-state index contributed by atoms with van der Waals surface area (Å²) < 4.78 is 7.39. The van der Waals surface area contributed by atoms with E-state index >= 15 is 0 Å². The van der Waals surface area contributed by atoms with Crippen LogP contribution in [0.25, 0.3) is 10.9 Å². The number of likely N-dealkylation sites (tertiary alicyclic amines) is 1. The highest BCUT2D eigenvalue weighted by atomic mass is 16.5. The fourth-order valence-corrected chi connectivity index (χ4v) is 4.58. The SMILES string of the molecule is CC(C)(C)[C@H](NC(=O)c1nn(CC2CCOCC2)c2ccccc12)C(=O)N1CC[C@@H](O)C1. The van der Waals surface area contributed by atoms with Crippen molar-refractivity contribution in [3.05, 3.63) is 30.0 Å². The van der Waals surface area contributed by atoms with Gasteiger partial charge in [-0.05, 0) is 36.7 Å². The number of hydrogen-bond acceptors (Lipinski definition) is 5. The van der Waals surface area contributed by atoms with Crippen LogP contribution in [-0.4, -0.2) is 70.1 Å². The molecule has 174 valence electrons. The van der Waals surface area contributed by atoms with Crippen LogP contribution in [0.15, 0.2) is 24.3 Å². The lowest BCUT2D eigenvalue weighted by atomic mass is 9.85. The highest BCUT2D eigenvalue weighted by Crippen LogP contribution is 2.26. The van der Waals surface area contributed by atoms with Crippen molar-refractivity contribution in [3.63, 3.8) is 0 Å². The summed E-state index contributed by atoms with van der Waals surface area (Å²) >= 11 is 0. The summed E-state index contributed by atoms with van der Waals surface area (Å²) in [4.78, 5) is 28.2. The standard InChI is InChI=1S/C24H34N4O4/c1-24(2,3)21(23(31)27-11-8-17(29)15-27)25-22(30)20-18-6-4-5-7-19(18)28(26-20)14-16-9-12-32-13-10-16/h4-7,16-17,21,29H,8-15H2,1-3H3,(H,25,30)/t17-,21-/m1/s1. The van der Waals surface area contributed by atoms with E-state index < -0.39 is 17.6 Å². The Bertz CT molecular complexity index is 974. The van der Waals surface area contributed by atoms with E-state index in [9.17, 15) is 14.7 Å². The molecule has 2 fully saturated rings. The maximum atomic E-state index is 13.4. The topological polar surface area (TPSA) is 96.7 Å². The number of amides is 2. The van der Waals surface area contributed by atoms with Gasteiger partial charge in [0.05, 0.1) is 11.6 Å². The second kappa shape index (κ2) is 9.19. The van der Waals surface area contributed by atoms with Crippen molar-refractivity contribution in [3.8, 4) is 0 Å². The summed E-state index contributed by atoms with van der Waals surface area (Å²) in [5.74, 6) is -0.0400. The fraction of sp³-hybridized carbons (Fsp3) is 0.625. The van der Waals surface area contributed by atoms with Crippen molar-refractivity contribution in [2.24, 2.45) is 11.3 Å². The van der Waals surface area contributed by atoms with Gasteiger partial charge in [0.2, 0.25) is 5.91 Å². The van der Waals surface area contributed by atoms with Gasteiger partial charge in [0.25, 0.3) is 5.91 Å². The number of fused-ring (bicyclic) bond motifs is 1. The van der Waals surface area contributed by atoms with Gasteiger partial charge in [-0.15, -0.1) is 0 Å². The minimum absolute atomic E-state index is 0.159. The highest BCUT2D eigenvalue weighted by Gasteiger charge is 2.38. The first-order valence-corrected chi connectivity index (χ1v) is 11.5. The van der Waals surface area contributed by atoms with E-state index in [1.165, 1.54) is 0 Å². The Hall–Kier alpha value is -2.45. The Labute approximate surface area is 188 Å².